The van der Waals surface area contributed by atoms with Crippen molar-refractivity contribution in [3.8, 4) is 5.75 Å². The first-order valence-electron chi connectivity index (χ1n) is 6.83. The molecule has 2 aromatic rings. The number of thioether (sulfide) groups is 1. The Hall–Kier alpha value is -0.930. The second-order valence-electron chi connectivity index (χ2n) is 5.03. The minimum absolute atomic E-state index is 0.932. The molecule has 0 amide bonds. The van der Waals surface area contributed by atoms with E-state index in [0.717, 1.165) is 16.0 Å². The largest absolute Gasteiger partial charge is 0.496 e. The molecule has 0 aliphatic heterocycles. The molecule has 3 heteroatoms. The highest BCUT2D eigenvalue weighted by Gasteiger charge is 2.11. The SMILES string of the molecule is COc1ccc(Br)cc1CSc1ccc2c(c1)CCC2. The summed E-state index contributed by atoms with van der Waals surface area (Å²) in [7, 11) is 1.73. The Bertz CT molecular complexity index is 624. The van der Waals surface area contributed by atoms with Crippen LogP contribution in [0.2, 0.25) is 0 Å². The van der Waals surface area contributed by atoms with Crippen molar-refractivity contribution in [1.82, 2.24) is 0 Å². The van der Waals surface area contributed by atoms with E-state index in [-0.39, 0.29) is 0 Å². The molecule has 0 aromatic heterocycles. The third kappa shape index (κ3) is 3.04. The van der Waals surface area contributed by atoms with Crippen LogP contribution in [0.3, 0.4) is 0 Å². The lowest BCUT2D eigenvalue weighted by Gasteiger charge is -2.09. The van der Waals surface area contributed by atoms with Crippen molar-refractivity contribution in [2.75, 3.05) is 7.11 Å². The van der Waals surface area contributed by atoms with Crippen molar-refractivity contribution in [3.05, 3.63) is 57.6 Å². The number of rotatable bonds is 4. The summed E-state index contributed by atoms with van der Waals surface area (Å²) in [5.41, 5.74) is 4.30. The number of halogens is 1. The molecule has 1 nitrogen and oxygen atoms in total. The van der Waals surface area contributed by atoms with Gasteiger partial charge in [-0.15, -0.1) is 11.8 Å². The fourth-order valence-electron chi connectivity index (χ4n) is 2.66. The number of hydrogen-bond donors (Lipinski definition) is 0. The average Bonchev–Trinajstić information content (AvgIpc) is 2.92. The molecule has 0 atom stereocenters. The molecule has 0 fully saturated rings. The van der Waals surface area contributed by atoms with Gasteiger partial charge >= 0.3 is 0 Å². The fourth-order valence-corrected chi connectivity index (χ4v) is 4.01. The van der Waals surface area contributed by atoms with E-state index in [0.29, 0.717) is 0 Å². The van der Waals surface area contributed by atoms with Crippen molar-refractivity contribution in [2.45, 2.75) is 29.9 Å². The fraction of sp³-hybridized carbons (Fsp3) is 0.294. The molecular formula is C17H17BrOS. The van der Waals surface area contributed by atoms with E-state index < -0.39 is 0 Å². The molecule has 0 radical (unpaired) electrons. The third-order valence-electron chi connectivity index (χ3n) is 3.71. The Labute approximate surface area is 132 Å². The Morgan fingerprint density at radius 3 is 2.80 bits per heavy atom. The number of methoxy groups -OCH3 is 1. The van der Waals surface area contributed by atoms with Gasteiger partial charge in [-0.3, -0.25) is 0 Å². The number of hydrogen-bond acceptors (Lipinski definition) is 2. The predicted octanol–water partition coefficient (Wildman–Crippen LogP) is 5.24. The van der Waals surface area contributed by atoms with Crippen LogP contribution in [0, 0.1) is 0 Å². The highest BCUT2D eigenvalue weighted by molar-refractivity contribution is 9.10. The van der Waals surface area contributed by atoms with Crippen LogP contribution in [0.1, 0.15) is 23.1 Å². The van der Waals surface area contributed by atoms with Crippen LogP contribution in [0.25, 0.3) is 0 Å². The molecule has 2 aromatic carbocycles. The van der Waals surface area contributed by atoms with Gasteiger partial charge in [0.2, 0.25) is 0 Å². The van der Waals surface area contributed by atoms with E-state index >= 15 is 0 Å². The lowest BCUT2D eigenvalue weighted by atomic mass is 10.1. The molecule has 1 aliphatic rings. The molecule has 104 valence electrons. The average molecular weight is 349 g/mol. The van der Waals surface area contributed by atoms with Crippen LogP contribution >= 0.6 is 27.7 Å². The van der Waals surface area contributed by atoms with E-state index in [9.17, 15) is 0 Å². The maximum atomic E-state index is 5.43. The molecule has 0 unspecified atom stereocenters. The van der Waals surface area contributed by atoms with E-state index in [1.807, 2.05) is 23.9 Å². The van der Waals surface area contributed by atoms with Crippen molar-refractivity contribution >= 4 is 27.7 Å². The lowest BCUT2D eigenvalue weighted by molar-refractivity contribution is 0.411. The highest BCUT2D eigenvalue weighted by Crippen LogP contribution is 2.32. The maximum Gasteiger partial charge on any atom is 0.122 e. The van der Waals surface area contributed by atoms with Gasteiger partial charge in [0.25, 0.3) is 0 Å². The van der Waals surface area contributed by atoms with Crippen molar-refractivity contribution in [2.24, 2.45) is 0 Å². The van der Waals surface area contributed by atoms with Crippen LogP contribution in [0.5, 0.6) is 5.75 Å². The molecule has 1 aliphatic carbocycles. The molecule has 0 N–H and O–H groups in total. The maximum absolute atomic E-state index is 5.43. The van der Waals surface area contributed by atoms with E-state index in [1.54, 1.807) is 7.11 Å². The quantitative estimate of drug-likeness (QED) is 0.698. The van der Waals surface area contributed by atoms with Gasteiger partial charge in [-0.2, -0.15) is 0 Å². The smallest absolute Gasteiger partial charge is 0.122 e. The highest BCUT2D eigenvalue weighted by atomic mass is 79.9. The summed E-state index contributed by atoms with van der Waals surface area (Å²) in [5, 5.41) is 0. The predicted molar refractivity (Wildman–Crippen MR) is 88.7 cm³/mol. The molecule has 0 bridgehead atoms. The summed E-state index contributed by atoms with van der Waals surface area (Å²) in [4.78, 5) is 1.35. The number of ether oxygens (including phenoxy) is 1. The molecule has 20 heavy (non-hydrogen) atoms. The van der Waals surface area contributed by atoms with Crippen LogP contribution in [0.15, 0.2) is 45.8 Å². The van der Waals surface area contributed by atoms with Crippen LogP contribution in [-0.2, 0) is 18.6 Å². The van der Waals surface area contributed by atoms with Gasteiger partial charge in [0.15, 0.2) is 0 Å². The number of fused-ring (bicyclic) bond motifs is 1. The third-order valence-corrected chi connectivity index (χ3v) is 5.24. The normalized spacial score (nSPS) is 13.3. The second kappa shape index (κ2) is 6.23. The molecule has 0 saturated heterocycles. The monoisotopic (exact) mass is 348 g/mol. The molecule has 0 heterocycles. The second-order valence-corrected chi connectivity index (χ2v) is 6.99. The van der Waals surface area contributed by atoms with Gasteiger partial charge in [-0.05, 0) is 60.7 Å². The first-order chi connectivity index (χ1) is 9.76. The van der Waals surface area contributed by atoms with Gasteiger partial charge < -0.3 is 4.74 Å². The molecular weight excluding hydrogens is 332 g/mol. The minimum Gasteiger partial charge on any atom is -0.496 e. The zero-order valence-electron chi connectivity index (χ0n) is 11.5. The van der Waals surface area contributed by atoms with Crippen molar-refractivity contribution < 1.29 is 4.74 Å². The van der Waals surface area contributed by atoms with Gasteiger partial charge in [-0.25, -0.2) is 0 Å². The van der Waals surface area contributed by atoms with E-state index in [1.165, 1.54) is 40.8 Å². The Morgan fingerprint density at radius 2 is 1.95 bits per heavy atom. The van der Waals surface area contributed by atoms with E-state index in [2.05, 4.69) is 40.2 Å². The zero-order chi connectivity index (χ0) is 13.9. The first kappa shape index (κ1) is 14.0. The number of benzene rings is 2. The Balaban J connectivity index is 1.75. The topological polar surface area (TPSA) is 9.23 Å². The van der Waals surface area contributed by atoms with E-state index in [4.69, 9.17) is 4.74 Å². The molecule has 0 saturated carbocycles. The zero-order valence-corrected chi connectivity index (χ0v) is 13.9. The van der Waals surface area contributed by atoms with Crippen molar-refractivity contribution in [3.63, 3.8) is 0 Å². The standard InChI is InChI=1S/C17H17BrOS/c1-19-17-8-6-15(18)9-14(17)11-20-16-7-5-12-3-2-4-13(12)10-16/h5-10H,2-4,11H2,1H3. The summed E-state index contributed by atoms with van der Waals surface area (Å²) in [5.74, 6) is 1.89. The van der Waals surface area contributed by atoms with Crippen LogP contribution in [0.4, 0.5) is 0 Å². The summed E-state index contributed by atoms with van der Waals surface area (Å²) in [6, 6.07) is 13.1. The first-order valence-corrected chi connectivity index (χ1v) is 8.61. The van der Waals surface area contributed by atoms with Gasteiger partial charge in [0.1, 0.15) is 5.75 Å². The molecule has 0 spiro atoms. The number of aryl methyl sites for hydroxylation is 2. The lowest BCUT2D eigenvalue weighted by Crippen LogP contribution is -1.90. The Morgan fingerprint density at radius 1 is 1.10 bits per heavy atom. The van der Waals surface area contributed by atoms with Gasteiger partial charge in [0, 0.05) is 20.7 Å². The molecule has 3 rings (SSSR count). The summed E-state index contributed by atoms with van der Waals surface area (Å²) < 4.78 is 6.53. The Kier molecular flexibility index (Phi) is 4.37. The van der Waals surface area contributed by atoms with Gasteiger partial charge in [0.05, 0.1) is 7.11 Å². The van der Waals surface area contributed by atoms with Gasteiger partial charge in [-0.1, -0.05) is 22.0 Å². The van der Waals surface area contributed by atoms with Crippen LogP contribution in [-0.4, -0.2) is 7.11 Å². The summed E-state index contributed by atoms with van der Waals surface area (Å²) >= 11 is 5.40. The summed E-state index contributed by atoms with van der Waals surface area (Å²) in [6.45, 7) is 0. The minimum atomic E-state index is 0.932. The van der Waals surface area contributed by atoms with Crippen molar-refractivity contribution in [1.29, 1.82) is 0 Å². The summed E-state index contributed by atoms with van der Waals surface area (Å²) in [6.07, 6.45) is 3.80. The van der Waals surface area contributed by atoms with Crippen LogP contribution < -0.4 is 4.74 Å².